The maximum atomic E-state index is 12.1. The van der Waals surface area contributed by atoms with Gasteiger partial charge >= 0.3 is 5.97 Å². The Morgan fingerprint density at radius 2 is 1.77 bits per heavy atom. The maximum Gasteiger partial charge on any atom is 0.328 e. The minimum Gasteiger partial charge on any atom is -0.478 e. The molecule has 8 heteroatoms. The second-order valence-corrected chi connectivity index (χ2v) is 6.11. The van der Waals surface area contributed by atoms with Crippen molar-refractivity contribution >= 4 is 28.0 Å². The fraction of sp³-hybridized carbons (Fsp3) is 0.0714. The van der Waals surface area contributed by atoms with E-state index in [2.05, 4.69) is 14.7 Å². The third-order valence-electron chi connectivity index (χ3n) is 2.65. The number of rotatable bonds is 5. The lowest BCUT2D eigenvalue weighted by atomic mass is 10.2. The second-order valence-electron chi connectivity index (χ2n) is 4.43. The molecular formula is C14H13N3O4S. The lowest BCUT2D eigenvalue weighted by molar-refractivity contribution is -0.131. The van der Waals surface area contributed by atoms with Gasteiger partial charge in [-0.05, 0) is 25.1 Å². The van der Waals surface area contributed by atoms with Gasteiger partial charge in [-0.2, -0.15) is 0 Å². The van der Waals surface area contributed by atoms with Crippen LogP contribution in [0.4, 0.5) is 5.95 Å². The molecule has 0 atom stereocenters. The Morgan fingerprint density at radius 1 is 1.18 bits per heavy atom. The molecule has 0 amide bonds. The molecule has 0 fully saturated rings. The summed E-state index contributed by atoms with van der Waals surface area (Å²) in [6, 6.07) is 6.35. The van der Waals surface area contributed by atoms with E-state index in [1.54, 1.807) is 12.1 Å². The van der Waals surface area contributed by atoms with Gasteiger partial charge < -0.3 is 5.11 Å². The third kappa shape index (κ3) is 4.13. The summed E-state index contributed by atoms with van der Waals surface area (Å²) in [6.07, 6.45) is 4.88. The number of aryl methyl sites for hydroxylation is 1. The quantitative estimate of drug-likeness (QED) is 0.812. The number of hydrogen-bond acceptors (Lipinski definition) is 5. The summed E-state index contributed by atoms with van der Waals surface area (Å²) < 4.78 is 26.5. The van der Waals surface area contributed by atoms with Crippen LogP contribution in [0.2, 0.25) is 0 Å². The maximum absolute atomic E-state index is 12.1. The van der Waals surface area contributed by atoms with Gasteiger partial charge in [0.05, 0.1) is 4.90 Å². The average Bonchev–Trinajstić information content (AvgIpc) is 2.46. The molecule has 2 aromatic rings. The number of aliphatic carboxylic acids is 1. The highest BCUT2D eigenvalue weighted by Gasteiger charge is 2.15. The molecule has 2 N–H and O–H groups in total. The van der Waals surface area contributed by atoms with Gasteiger partial charge in [0.25, 0.3) is 10.0 Å². The number of carbonyl (C=O) groups is 1. The second kappa shape index (κ2) is 6.35. The normalized spacial score (nSPS) is 11.5. The molecule has 0 aliphatic heterocycles. The highest BCUT2D eigenvalue weighted by Crippen LogP contribution is 2.13. The van der Waals surface area contributed by atoms with Gasteiger partial charge in [0.1, 0.15) is 0 Å². The van der Waals surface area contributed by atoms with Crippen molar-refractivity contribution in [2.24, 2.45) is 0 Å². The Bertz CT molecular complexity index is 797. The summed E-state index contributed by atoms with van der Waals surface area (Å²) in [5.41, 5.74) is 1.39. The Labute approximate surface area is 127 Å². The van der Waals surface area contributed by atoms with E-state index in [9.17, 15) is 13.2 Å². The van der Waals surface area contributed by atoms with Crippen molar-refractivity contribution in [2.75, 3.05) is 4.72 Å². The van der Waals surface area contributed by atoms with Crippen LogP contribution in [0.15, 0.2) is 47.6 Å². The fourth-order valence-corrected chi connectivity index (χ4v) is 2.50. The Morgan fingerprint density at radius 3 is 2.32 bits per heavy atom. The molecule has 22 heavy (non-hydrogen) atoms. The minimum atomic E-state index is -3.76. The summed E-state index contributed by atoms with van der Waals surface area (Å²) in [4.78, 5) is 18.2. The van der Waals surface area contributed by atoms with Crippen molar-refractivity contribution in [1.29, 1.82) is 0 Å². The predicted octanol–water partition coefficient (Wildman–Crippen LogP) is 1.68. The van der Waals surface area contributed by atoms with E-state index >= 15 is 0 Å². The number of carboxylic acids is 1. The number of carboxylic acid groups (broad SMARTS) is 1. The van der Waals surface area contributed by atoms with Gasteiger partial charge in [-0.1, -0.05) is 17.7 Å². The van der Waals surface area contributed by atoms with Crippen molar-refractivity contribution in [3.8, 4) is 0 Å². The van der Waals surface area contributed by atoms with E-state index in [1.807, 2.05) is 6.92 Å². The first-order chi connectivity index (χ1) is 10.4. The molecule has 1 aromatic heterocycles. The van der Waals surface area contributed by atoms with E-state index < -0.39 is 16.0 Å². The van der Waals surface area contributed by atoms with Crippen molar-refractivity contribution in [3.05, 3.63) is 53.9 Å². The lowest BCUT2D eigenvalue weighted by Crippen LogP contribution is -2.14. The molecule has 0 spiro atoms. The van der Waals surface area contributed by atoms with Crippen molar-refractivity contribution in [1.82, 2.24) is 9.97 Å². The van der Waals surface area contributed by atoms with Gasteiger partial charge in [0.15, 0.2) is 0 Å². The van der Waals surface area contributed by atoms with Gasteiger partial charge in [0.2, 0.25) is 5.95 Å². The highest BCUT2D eigenvalue weighted by atomic mass is 32.2. The monoisotopic (exact) mass is 319 g/mol. The summed E-state index contributed by atoms with van der Waals surface area (Å²) in [7, 11) is -3.76. The molecule has 1 aromatic carbocycles. The molecule has 2 rings (SSSR count). The average molecular weight is 319 g/mol. The van der Waals surface area contributed by atoms with Crippen LogP contribution in [0.5, 0.6) is 0 Å². The number of aromatic nitrogens is 2. The smallest absolute Gasteiger partial charge is 0.328 e. The SMILES string of the molecule is Cc1ccc(S(=O)(=O)Nc2ncc(/C=C/C(=O)O)cn2)cc1. The number of nitrogens with one attached hydrogen (secondary N) is 1. The van der Waals surface area contributed by atoms with Crippen molar-refractivity contribution < 1.29 is 18.3 Å². The summed E-state index contributed by atoms with van der Waals surface area (Å²) in [5, 5.41) is 8.51. The molecule has 1 heterocycles. The Balaban J connectivity index is 2.16. The summed E-state index contributed by atoms with van der Waals surface area (Å²) >= 11 is 0. The number of hydrogen-bond donors (Lipinski definition) is 2. The molecular weight excluding hydrogens is 306 g/mol. The molecule has 0 unspecified atom stereocenters. The molecule has 0 saturated heterocycles. The molecule has 0 saturated carbocycles. The topological polar surface area (TPSA) is 109 Å². The minimum absolute atomic E-state index is 0.0898. The van der Waals surface area contributed by atoms with Gasteiger partial charge in [-0.15, -0.1) is 0 Å². The zero-order valence-corrected chi connectivity index (χ0v) is 12.4. The zero-order valence-electron chi connectivity index (χ0n) is 11.6. The van der Waals surface area contributed by atoms with Crippen molar-refractivity contribution in [3.63, 3.8) is 0 Å². The largest absolute Gasteiger partial charge is 0.478 e. The predicted molar refractivity (Wildman–Crippen MR) is 80.7 cm³/mol. The first kappa shape index (κ1) is 15.6. The molecule has 114 valence electrons. The van der Waals surface area contributed by atoms with Gasteiger partial charge in [-0.25, -0.2) is 27.9 Å². The first-order valence-electron chi connectivity index (χ1n) is 6.19. The molecule has 0 bridgehead atoms. The van der Waals surface area contributed by atoms with Crippen LogP contribution in [-0.4, -0.2) is 29.5 Å². The van der Waals surface area contributed by atoms with Crippen LogP contribution in [0.1, 0.15) is 11.1 Å². The van der Waals surface area contributed by atoms with E-state index in [4.69, 9.17) is 5.11 Å². The van der Waals surface area contributed by atoms with Crippen LogP contribution in [-0.2, 0) is 14.8 Å². The first-order valence-corrected chi connectivity index (χ1v) is 7.68. The van der Waals surface area contributed by atoms with E-state index in [0.717, 1.165) is 11.6 Å². The van der Waals surface area contributed by atoms with Crippen LogP contribution in [0.3, 0.4) is 0 Å². The Hall–Kier alpha value is -2.74. The summed E-state index contributed by atoms with van der Waals surface area (Å²) in [5.74, 6) is -1.18. The fourth-order valence-electron chi connectivity index (χ4n) is 1.54. The number of anilines is 1. The highest BCUT2D eigenvalue weighted by molar-refractivity contribution is 7.92. The van der Waals surface area contributed by atoms with E-state index in [1.165, 1.54) is 30.6 Å². The molecule has 0 aliphatic rings. The van der Waals surface area contributed by atoms with Crippen LogP contribution in [0.25, 0.3) is 6.08 Å². The van der Waals surface area contributed by atoms with Crippen LogP contribution in [0, 0.1) is 6.92 Å². The van der Waals surface area contributed by atoms with E-state index in [0.29, 0.717) is 5.56 Å². The zero-order chi connectivity index (χ0) is 16.2. The molecule has 7 nitrogen and oxygen atoms in total. The number of nitrogens with zero attached hydrogens (tertiary/aromatic N) is 2. The number of sulfonamides is 1. The third-order valence-corrected chi connectivity index (χ3v) is 3.99. The molecule has 0 radical (unpaired) electrons. The number of benzene rings is 1. The standard InChI is InChI=1S/C14H13N3O4S/c1-10-2-5-12(6-3-10)22(20,21)17-14-15-8-11(9-16-14)4-7-13(18)19/h2-9H,1H3,(H,18,19)(H,15,16,17)/b7-4+. The van der Waals surface area contributed by atoms with Gasteiger partial charge in [-0.3, -0.25) is 0 Å². The Kier molecular flexibility index (Phi) is 4.52. The lowest BCUT2D eigenvalue weighted by Gasteiger charge is -2.06. The van der Waals surface area contributed by atoms with Gasteiger partial charge in [0, 0.05) is 24.0 Å². The van der Waals surface area contributed by atoms with Crippen molar-refractivity contribution in [2.45, 2.75) is 11.8 Å². The van der Waals surface area contributed by atoms with Crippen LogP contribution >= 0.6 is 0 Å². The van der Waals surface area contributed by atoms with E-state index in [-0.39, 0.29) is 10.8 Å². The van der Waals surface area contributed by atoms with Crippen LogP contribution < -0.4 is 4.72 Å². The summed E-state index contributed by atoms with van der Waals surface area (Å²) in [6.45, 7) is 1.86. The molecule has 0 aliphatic carbocycles.